The van der Waals surface area contributed by atoms with E-state index in [0.29, 0.717) is 24.4 Å². The summed E-state index contributed by atoms with van der Waals surface area (Å²) in [5.41, 5.74) is 5.64. The summed E-state index contributed by atoms with van der Waals surface area (Å²) in [6.07, 6.45) is -5.08. The highest BCUT2D eigenvalue weighted by Gasteiger charge is 2.38. The van der Waals surface area contributed by atoms with Gasteiger partial charge in [0.15, 0.2) is 6.61 Å². The lowest BCUT2D eigenvalue weighted by Crippen LogP contribution is -2.48. The maximum Gasteiger partial charge on any atom is 0.490 e. The molecule has 0 spiro atoms. The molecule has 8 nitrogen and oxygen atoms in total. The average molecular weight is 473 g/mol. The summed E-state index contributed by atoms with van der Waals surface area (Å²) in [5, 5.41) is 9.21. The molecule has 1 aromatic carbocycles. The van der Waals surface area contributed by atoms with Crippen LogP contribution in [0.1, 0.15) is 15.2 Å². The van der Waals surface area contributed by atoms with Crippen molar-refractivity contribution in [3.05, 3.63) is 52.2 Å². The minimum absolute atomic E-state index is 0.0136. The quantitative estimate of drug-likeness (QED) is 0.665. The minimum Gasteiger partial charge on any atom is -0.484 e. The zero-order valence-electron chi connectivity index (χ0n) is 16.9. The van der Waals surface area contributed by atoms with E-state index in [0.717, 1.165) is 19.6 Å². The Kier molecular flexibility index (Phi) is 9.02. The van der Waals surface area contributed by atoms with Crippen molar-refractivity contribution in [3.8, 4) is 5.75 Å². The number of nitrogens with zero attached hydrogens (tertiary/aromatic N) is 2. The summed E-state index contributed by atoms with van der Waals surface area (Å²) in [4.78, 5) is 37.9. The number of rotatable bonds is 6. The molecular formula is C20H22F3N3O5S. The number of benzene rings is 1. The third kappa shape index (κ3) is 8.19. The molecule has 0 saturated carbocycles. The first-order chi connectivity index (χ1) is 15.1. The Balaban J connectivity index is 0.000000451. The van der Waals surface area contributed by atoms with E-state index in [1.54, 1.807) is 35.6 Å². The van der Waals surface area contributed by atoms with Crippen LogP contribution < -0.4 is 10.5 Å². The van der Waals surface area contributed by atoms with Crippen molar-refractivity contribution in [1.29, 1.82) is 0 Å². The number of alkyl halides is 3. The molecule has 2 amide bonds. The predicted molar refractivity (Wildman–Crippen MR) is 110 cm³/mol. The summed E-state index contributed by atoms with van der Waals surface area (Å²) >= 11 is 1.76. The van der Waals surface area contributed by atoms with Crippen molar-refractivity contribution in [3.63, 3.8) is 0 Å². The summed E-state index contributed by atoms with van der Waals surface area (Å²) in [6, 6.07) is 11.1. The van der Waals surface area contributed by atoms with E-state index < -0.39 is 18.1 Å². The fourth-order valence-electron chi connectivity index (χ4n) is 2.79. The fourth-order valence-corrected chi connectivity index (χ4v) is 3.53. The predicted octanol–water partition coefficient (Wildman–Crippen LogP) is 2.20. The zero-order valence-corrected chi connectivity index (χ0v) is 17.7. The van der Waals surface area contributed by atoms with E-state index in [1.165, 1.54) is 4.88 Å². The molecule has 0 radical (unpaired) electrons. The van der Waals surface area contributed by atoms with Gasteiger partial charge < -0.3 is 20.5 Å². The number of carboxylic acid groups (broad SMARTS) is 1. The lowest BCUT2D eigenvalue weighted by Gasteiger charge is -2.34. The molecule has 3 rings (SSSR count). The maximum absolute atomic E-state index is 12.7. The number of hydrogen-bond acceptors (Lipinski definition) is 6. The number of carboxylic acids is 1. The smallest absolute Gasteiger partial charge is 0.484 e. The topological polar surface area (TPSA) is 113 Å². The highest BCUT2D eigenvalue weighted by Crippen LogP contribution is 2.18. The second-order valence-electron chi connectivity index (χ2n) is 6.73. The van der Waals surface area contributed by atoms with Gasteiger partial charge in [-0.25, -0.2) is 4.79 Å². The van der Waals surface area contributed by atoms with Crippen molar-refractivity contribution in [2.45, 2.75) is 12.7 Å². The number of primary amides is 1. The van der Waals surface area contributed by atoms with Gasteiger partial charge in [-0.3, -0.25) is 14.5 Å². The summed E-state index contributed by atoms with van der Waals surface area (Å²) < 4.78 is 37.0. The van der Waals surface area contributed by atoms with Crippen molar-refractivity contribution in [1.82, 2.24) is 9.80 Å². The number of carbonyl (C=O) groups is 3. The highest BCUT2D eigenvalue weighted by molar-refractivity contribution is 7.09. The molecule has 2 aromatic rings. The molecule has 0 bridgehead atoms. The average Bonchev–Trinajstić information content (AvgIpc) is 3.25. The van der Waals surface area contributed by atoms with Crippen LogP contribution in [0.5, 0.6) is 5.75 Å². The third-order valence-electron chi connectivity index (χ3n) is 4.32. The molecule has 1 aliphatic heterocycles. The van der Waals surface area contributed by atoms with Crippen LogP contribution in [0.4, 0.5) is 13.2 Å². The van der Waals surface area contributed by atoms with Gasteiger partial charge in [0.1, 0.15) is 5.75 Å². The van der Waals surface area contributed by atoms with Gasteiger partial charge in [0.25, 0.3) is 11.8 Å². The molecular weight excluding hydrogens is 451 g/mol. The van der Waals surface area contributed by atoms with E-state index >= 15 is 0 Å². The van der Waals surface area contributed by atoms with Crippen molar-refractivity contribution in [2.75, 3.05) is 32.8 Å². The van der Waals surface area contributed by atoms with E-state index in [4.69, 9.17) is 20.4 Å². The highest BCUT2D eigenvalue weighted by atomic mass is 32.1. The molecule has 0 unspecified atom stereocenters. The Morgan fingerprint density at radius 2 is 1.75 bits per heavy atom. The first kappa shape index (κ1) is 25.1. The van der Waals surface area contributed by atoms with Gasteiger partial charge in [-0.1, -0.05) is 12.1 Å². The van der Waals surface area contributed by atoms with Crippen LogP contribution in [0.15, 0.2) is 41.8 Å². The number of aliphatic carboxylic acids is 1. The van der Waals surface area contributed by atoms with Gasteiger partial charge in [-0.05, 0) is 29.6 Å². The number of thiophene rings is 1. The number of amides is 2. The fraction of sp³-hybridized carbons (Fsp3) is 0.350. The van der Waals surface area contributed by atoms with Crippen LogP contribution in [0, 0.1) is 0 Å². The summed E-state index contributed by atoms with van der Waals surface area (Å²) in [7, 11) is 0. The molecule has 0 atom stereocenters. The summed E-state index contributed by atoms with van der Waals surface area (Å²) in [5.74, 6) is -2.84. The Morgan fingerprint density at radius 3 is 2.28 bits per heavy atom. The van der Waals surface area contributed by atoms with Crippen LogP contribution in [0.2, 0.25) is 0 Å². The standard InChI is InChI=1S/C18H21N3O3S.C2HF3O2/c19-17(22)13-24-15-4-1-3-14(11-15)18(23)21-8-6-20(7-9-21)12-16-5-2-10-25-16;3-2(4,5)1(6)7/h1-5,10-11H,6-9,12-13H2,(H2,19,22);(H,6,7). The SMILES string of the molecule is NC(=O)COc1cccc(C(=O)N2CCN(Cc3cccs3)CC2)c1.O=C(O)C(F)(F)F. The van der Waals surface area contributed by atoms with E-state index in [9.17, 15) is 22.8 Å². The van der Waals surface area contributed by atoms with Gasteiger partial charge in [-0.2, -0.15) is 13.2 Å². The molecule has 12 heteroatoms. The lowest BCUT2D eigenvalue weighted by molar-refractivity contribution is -0.192. The monoisotopic (exact) mass is 473 g/mol. The molecule has 1 aliphatic rings. The van der Waals surface area contributed by atoms with Crippen molar-refractivity contribution in [2.24, 2.45) is 5.73 Å². The first-order valence-corrected chi connectivity index (χ1v) is 10.3. The number of hydrogen-bond donors (Lipinski definition) is 2. The molecule has 1 aromatic heterocycles. The Labute approximate surface area is 186 Å². The van der Waals surface area contributed by atoms with Crippen LogP contribution in [0.3, 0.4) is 0 Å². The van der Waals surface area contributed by atoms with Crippen molar-refractivity contribution >= 4 is 29.1 Å². The number of ether oxygens (including phenoxy) is 1. The lowest BCUT2D eigenvalue weighted by atomic mass is 10.1. The largest absolute Gasteiger partial charge is 0.490 e. The first-order valence-electron chi connectivity index (χ1n) is 9.41. The van der Waals surface area contributed by atoms with Crippen LogP contribution in [-0.2, 0) is 16.1 Å². The molecule has 3 N–H and O–H groups in total. The molecule has 2 heterocycles. The van der Waals surface area contributed by atoms with E-state index in [1.807, 2.05) is 4.90 Å². The summed E-state index contributed by atoms with van der Waals surface area (Å²) in [6.45, 7) is 3.88. The van der Waals surface area contributed by atoms with Gasteiger partial charge in [0.05, 0.1) is 0 Å². The second-order valence-corrected chi connectivity index (χ2v) is 7.77. The number of piperazine rings is 1. The third-order valence-corrected chi connectivity index (χ3v) is 5.18. The normalized spacial score (nSPS) is 14.3. The number of nitrogens with two attached hydrogens (primary N) is 1. The van der Waals surface area contributed by atoms with Gasteiger partial charge >= 0.3 is 12.1 Å². The molecule has 1 saturated heterocycles. The van der Waals surface area contributed by atoms with Crippen LogP contribution in [-0.4, -0.2) is 71.7 Å². The Bertz CT molecular complexity index is 913. The molecule has 32 heavy (non-hydrogen) atoms. The molecule has 0 aliphatic carbocycles. The number of carbonyl (C=O) groups excluding carboxylic acids is 2. The molecule has 1 fully saturated rings. The van der Waals surface area contributed by atoms with Gasteiger partial charge in [0.2, 0.25) is 0 Å². The van der Waals surface area contributed by atoms with Gasteiger partial charge in [-0.15, -0.1) is 11.3 Å². The second kappa shape index (κ2) is 11.5. The van der Waals surface area contributed by atoms with Crippen LogP contribution >= 0.6 is 11.3 Å². The zero-order chi connectivity index (χ0) is 23.7. The Hall–Kier alpha value is -3.12. The minimum atomic E-state index is -5.08. The van der Waals surface area contributed by atoms with Crippen molar-refractivity contribution < 1.29 is 37.4 Å². The molecule has 174 valence electrons. The van der Waals surface area contributed by atoms with Gasteiger partial charge in [0, 0.05) is 43.2 Å². The number of halogens is 3. The van der Waals surface area contributed by atoms with Crippen LogP contribution in [0.25, 0.3) is 0 Å². The van der Waals surface area contributed by atoms with E-state index in [2.05, 4.69) is 22.4 Å². The Morgan fingerprint density at radius 1 is 1.09 bits per heavy atom. The van der Waals surface area contributed by atoms with E-state index in [-0.39, 0.29) is 12.5 Å². The maximum atomic E-state index is 12.7.